The van der Waals surface area contributed by atoms with Crippen LogP contribution in [-0.4, -0.2) is 59.2 Å². The number of aryl methyl sites for hydroxylation is 2. The summed E-state index contributed by atoms with van der Waals surface area (Å²) in [6.45, 7) is 10.3. The highest BCUT2D eigenvalue weighted by Gasteiger charge is 2.26. The molecule has 2 aromatic heterocycles. The highest BCUT2D eigenvalue weighted by molar-refractivity contribution is 5.60. The number of morpholine rings is 1. The summed E-state index contributed by atoms with van der Waals surface area (Å²) in [4.78, 5) is 7.37. The van der Waals surface area contributed by atoms with Crippen LogP contribution in [-0.2, 0) is 28.9 Å². The lowest BCUT2D eigenvalue weighted by Gasteiger charge is -2.26. The fourth-order valence-corrected chi connectivity index (χ4v) is 4.53. The van der Waals surface area contributed by atoms with Crippen molar-refractivity contribution in [2.75, 3.05) is 39.5 Å². The van der Waals surface area contributed by atoms with Gasteiger partial charge in [-0.15, -0.1) is 5.10 Å². The zero-order chi connectivity index (χ0) is 21.9. The molecule has 0 bridgehead atoms. The number of nitrogens with zero attached hydrogens (tertiary/aromatic N) is 4. The summed E-state index contributed by atoms with van der Waals surface area (Å²) in [5.41, 5.74) is 3.56. The van der Waals surface area contributed by atoms with E-state index in [9.17, 15) is 0 Å². The third kappa shape index (κ3) is 4.37. The molecular formula is C25H32N4O3. The number of rotatable bonds is 7. The van der Waals surface area contributed by atoms with Gasteiger partial charge < -0.3 is 13.9 Å². The van der Waals surface area contributed by atoms with Crippen molar-refractivity contribution in [2.45, 2.75) is 45.7 Å². The molecule has 0 amide bonds. The second-order valence-corrected chi connectivity index (χ2v) is 8.57. The van der Waals surface area contributed by atoms with Crippen LogP contribution in [0.4, 0.5) is 0 Å². The van der Waals surface area contributed by atoms with Gasteiger partial charge in [0.25, 0.3) is 0 Å². The van der Waals surface area contributed by atoms with Crippen molar-refractivity contribution in [2.24, 2.45) is 0 Å². The summed E-state index contributed by atoms with van der Waals surface area (Å²) < 4.78 is 19.3. The molecule has 2 saturated heterocycles. The molecular weight excluding hydrogens is 404 g/mol. The highest BCUT2D eigenvalue weighted by Crippen LogP contribution is 2.31. The molecule has 32 heavy (non-hydrogen) atoms. The van der Waals surface area contributed by atoms with Crippen LogP contribution in [0.5, 0.6) is 0 Å². The van der Waals surface area contributed by atoms with Gasteiger partial charge in [0.1, 0.15) is 5.76 Å². The average Bonchev–Trinajstić information content (AvgIpc) is 3.59. The number of hydrogen-bond donors (Lipinski definition) is 0. The standard InChI is InChI=1S/C25H32N4O3/c1-3-19-15-23(32-22(19)4-2)25-26-24(27-29(25)21-9-12-31-17-21)20-7-5-18(6-8-20)16-28-10-13-30-14-11-28/h5-8,15,21H,3-4,9-14,16-17H2,1-2H3. The maximum atomic E-state index is 6.21. The van der Waals surface area contributed by atoms with Crippen molar-refractivity contribution in [3.05, 3.63) is 47.2 Å². The normalized spacial score (nSPS) is 19.6. The number of ether oxygens (including phenoxy) is 2. The first-order valence-corrected chi connectivity index (χ1v) is 11.8. The molecule has 3 aromatic rings. The van der Waals surface area contributed by atoms with Crippen LogP contribution < -0.4 is 0 Å². The van der Waals surface area contributed by atoms with E-state index in [1.54, 1.807) is 0 Å². The molecule has 2 fully saturated rings. The van der Waals surface area contributed by atoms with Crippen LogP contribution in [0.1, 0.15) is 43.2 Å². The Morgan fingerprint density at radius 1 is 1.00 bits per heavy atom. The van der Waals surface area contributed by atoms with Crippen LogP contribution in [0.25, 0.3) is 23.0 Å². The van der Waals surface area contributed by atoms with E-state index in [0.717, 1.165) is 87.5 Å². The van der Waals surface area contributed by atoms with E-state index in [0.29, 0.717) is 6.61 Å². The van der Waals surface area contributed by atoms with E-state index < -0.39 is 0 Å². The van der Waals surface area contributed by atoms with Gasteiger partial charge in [-0.3, -0.25) is 4.90 Å². The van der Waals surface area contributed by atoms with Crippen LogP contribution in [0.2, 0.25) is 0 Å². The minimum atomic E-state index is 0.187. The maximum Gasteiger partial charge on any atom is 0.195 e. The van der Waals surface area contributed by atoms with Crippen molar-refractivity contribution in [1.29, 1.82) is 0 Å². The third-order valence-corrected chi connectivity index (χ3v) is 6.42. The lowest BCUT2D eigenvalue weighted by Crippen LogP contribution is -2.35. The minimum absolute atomic E-state index is 0.187. The molecule has 170 valence electrons. The molecule has 4 heterocycles. The van der Waals surface area contributed by atoms with Gasteiger partial charge in [0.05, 0.1) is 25.9 Å². The van der Waals surface area contributed by atoms with Gasteiger partial charge in [0.15, 0.2) is 17.4 Å². The fraction of sp³-hybridized carbons (Fsp3) is 0.520. The van der Waals surface area contributed by atoms with Gasteiger partial charge in [0, 0.05) is 38.2 Å². The second kappa shape index (κ2) is 9.57. The summed E-state index contributed by atoms with van der Waals surface area (Å²) in [5.74, 6) is 3.36. The topological polar surface area (TPSA) is 65.5 Å². The number of hydrogen-bond acceptors (Lipinski definition) is 6. The first-order valence-electron chi connectivity index (χ1n) is 11.8. The lowest BCUT2D eigenvalue weighted by molar-refractivity contribution is 0.0342. The van der Waals surface area contributed by atoms with Crippen molar-refractivity contribution in [3.63, 3.8) is 0 Å². The van der Waals surface area contributed by atoms with Crippen molar-refractivity contribution in [3.8, 4) is 23.0 Å². The Hall–Kier alpha value is -2.48. The van der Waals surface area contributed by atoms with Crippen molar-refractivity contribution < 1.29 is 13.9 Å². The SMILES string of the molecule is CCc1cc(-c2nc(-c3ccc(CN4CCOCC4)cc3)nn2C2CCOC2)oc1CC. The molecule has 2 aliphatic heterocycles. The quantitative estimate of drug-likeness (QED) is 0.555. The molecule has 5 rings (SSSR count). The van der Waals surface area contributed by atoms with E-state index in [-0.39, 0.29) is 6.04 Å². The zero-order valence-electron chi connectivity index (χ0n) is 19.0. The van der Waals surface area contributed by atoms with Crippen LogP contribution in [0.15, 0.2) is 34.7 Å². The average molecular weight is 437 g/mol. The monoisotopic (exact) mass is 436 g/mol. The summed E-state index contributed by atoms with van der Waals surface area (Å²) in [6, 6.07) is 10.9. The van der Waals surface area contributed by atoms with Crippen LogP contribution in [0, 0.1) is 0 Å². The predicted molar refractivity (Wildman–Crippen MR) is 122 cm³/mol. The van der Waals surface area contributed by atoms with Crippen LogP contribution >= 0.6 is 0 Å². The summed E-state index contributed by atoms with van der Waals surface area (Å²) in [6.07, 6.45) is 2.77. The Kier molecular flexibility index (Phi) is 6.39. The Morgan fingerprint density at radius 3 is 2.47 bits per heavy atom. The number of furan rings is 1. The Bertz CT molecular complexity index is 1010. The maximum absolute atomic E-state index is 6.21. The molecule has 1 unspecified atom stereocenters. The Morgan fingerprint density at radius 2 is 1.81 bits per heavy atom. The highest BCUT2D eigenvalue weighted by atomic mass is 16.5. The van der Waals surface area contributed by atoms with E-state index in [1.165, 1.54) is 11.1 Å². The smallest absolute Gasteiger partial charge is 0.195 e. The third-order valence-electron chi connectivity index (χ3n) is 6.42. The number of benzene rings is 1. The first-order chi connectivity index (χ1) is 15.7. The second-order valence-electron chi connectivity index (χ2n) is 8.57. The van der Waals surface area contributed by atoms with Crippen molar-refractivity contribution >= 4 is 0 Å². The predicted octanol–water partition coefficient (Wildman–Crippen LogP) is 4.12. The molecule has 7 heteroatoms. The van der Waals surface area contributed by atoms with Gasteiger partial charge in [-0.2, -0.15) is 0 Å². The van der Waals surface area contributed by atoms with Gasteiger partial charge in [0.2, 0.25) is 0 Å². The summed E-state index contributed by atoms with van der Waals surface area (Å²) >= 11 is 0. The molecule has 0 aliphatic carbocycles. The Balaban J connectivity index is 1.44. The molecule has 0 spiro atoms. The summed E-state index contributed by atoms with van der Waals surface area (Å²) in [7, 11) is 0. The summed E-state index contributed by atoms with van der Waals surface area (Å²) in [5, 5.41) is 4.91. The van der Waals surface area contributed by atoms with Gasteiger partial charge in [-0.1, -0.05) is 38.1 Å². The molecule has 2 aliphatic rings. The minimum Gasteiger partial charge on any atom is -0.457 e. The van der Waals surface area contributed by atoms with E-state index in [4.69, 9.17) is 24.0 Å². The van der Waals surface area contributed by atoms with Gasteiger partial charge >= 0.3 is 0 Å². The molecule has 0 N–H and O–H groups in total. The largest absolute Gasteiger partial charge is 0.457 e. The Labute approximate surface area is 189 Å². The van der Waals surface area contributed by atoms with Gasteiger partial charge in [-0.05, 0) is 30.0 Å². The molecule has 7 nitrogen and oxygen atoms in total. The van der Waals surface area contributed by atoms with Crippen LogP contribution in [0.3, 0.4) is 0 Å². The first kappa shape index (κ1) is 21.4. The lowest BCUT2D eigenvalue weighted by atomic mass is 10.1. The van der Waals surface area contributed by atoms with E-state index in [2.05, 4.69) is 49.1 Å². The van der Waals surface area contributed by atoms with Crippen molar-refractivity contribution in [1.82, 2.24) is 19.7 Å². The fourth-order valence-electron chi connectivity index (χ4n) is 4.53. The molecule has 1 aromatic carbocycles. The number of aromatic nitrogens is 3. The van der Waals surface area contributed by atoms with Gasteiger partial charge in [-0.25, -0.2) is 9.67 Å². The molecule has 0 saturated carbocycles. The molecule has 0 radical (unpaired) electrons. The van der Waals surface area contributed by atoms with E-state index in [1.807, 2.05) is 4.68 Å². The molecule has 1 atom stereocenters. The van der Waals surface area contributed by atoms with E-state index >= 15 is 0 Å². The zero-order valence-corrected chi connectivity index (χ0v) is 19.0.